The van der Waals surface area contributed by atoms with E-state index in [1.807, 2.05) is 0 Å². The van der Waals surface area contributed by atoms with Crippen LogP contribution in [-0.4, -0.2) is 31.1 Å². The largest absolute Gasteiger partial charge is 0.498 e. The third kappa shape index (κ3) is 1.20. The molecule has 6 heteroatoms. The lowest BCUT2D eigenvalue weighted by Gasteiger charge is -2.21. The van der Waals surface area contributed by atoms with E-state index in [0.29, 0.717) is 5.76 Å². The Bertz CT molecular complexity index is 394. The number of esters is 1. The van der Waals surface area contributed by atoms with Crippen LogP contribution in [0, 0.1) is 5.92 Å². The van der Waals surface area contributed by atoms with Crippen LogP contribution >= 0.6 is 0 Å². The number of amides is 1. The van der Waals surface area contributed by atoms with Gasteiger partial charge < -0.3 is 9.47 Å². The highest BCUT2D eigenvalue weighted by Crippen LogP contribution is 2.22. The second-order valence-corrected chi connectivity index (χ2v) is 2.67. The fourth-order valence-corrected chi connectivity index (χ4v) is 1.26. The van der Waals surface area contributed by atoms with Crippen LogP contribution in [0.5, 0.6) is 0 Å². The van der Waals surface area contributed by atoms with Crippen molar-refractivity contribution in [3.63, 3.8) is 0 Å². The molecular weight excluding hydrogens is 188 g/mol. The highest BCUT2D eigenvalue weighted by molar-refractivity contribution is 6.40. The van der Waals surface area contributed by atoms with E-state index in [1.54, 1.807) is 0 Å². The Balaban J connectivity index is 2.44. The van der Waals surface area contributed by atoms with Crippen LogP contribution in [0.1, 0.15) is 0 Å². The fourth-order valence-electron chi connectivity index (χ4n) is 1.26. The van der Waals surface area contributed by atoms with Gasteiger partial charge in [-0.05, 0) is 0 Å². The van der Waals surface area contributed by atoms with Gasteiger partial charge in [-0.3, -0.25) is 9.79 Å². The molecule has 0 aromatic heterocycles. The van der Waals surface area contributed by atoms with E-state index in [1.165, 1.54) is 19.5 Å². The van der Waals surface area contributed by atoms with E-state index < -0.39 is 18.0 Å². The van der Waals surface area contributed by atoms with Crippen LogP contribution in [-0.2, 0) is 14.3 Å². The first-order chi connectivity index (χ1) is 6.72. The van der Waals surface area contributed by atoms with Crippen molar-refractivity contribution in [3.8, 4) is 0 Å². The maximum Gasteiger partial charge on any atom is 0.441 e. The van der Waals surface area contributed by atoms with Crippen molar-refractivity contribution in [2.45, 2.75) is 0 Å². The monoisotopic (exact) mass is 194 g/mol. The minimum atomic E-state index is -0.912. The van der Waals surface area contributed by atoms with Crippen LogP contribution < -0.4 is 0 Å². The number of carbonyl (C=O) groups excluding carboxylic acids is 2. The van der Waals surface area contributed by atoms with Crippen LogP contribution in [0.25, 0.3) is 0 Å². The standard InChI is InChI=1S/C8H6N2O4/c1-13-5-3-9-2-4-6(5)7(11)14-8(12)10-4/h2-3,6H,1H3. The maximum atomic E-state index is 11.3. The zero-order chi connectivity index (χ0) is 10.1. The Morgan fingerprint density at radius 1 is 1.50 bits per heavy atom. The summed E-state index contributed by atoms with van der Waals surface area (Å²) in [4.78, 5) is 29.4. The summed E-state index contributed by atoms with van der Waals surface area (Å²) in [7, 11) is 1.41. The molecule has 2 aliphatic heterocycles. The lowest BCUT2D eigenvalue weighted by molar-refractivity contribution is -0.139. The van der Waals surface area contributed by atoms with Gasteiger partial charge >= 0.3 is 12.1 Å². The number of fused-ring (bicyclic) bond motifs is 1. The molecular formula is C8H6N2O4. The quantitative estimate of drug-likeness (QED) is 0.444. The molecule has 14 heavy (non-hydrogen) atoms. The van der Waals surface area contributed by atoms with E-state index in [-0.39, 0.29) is 5.71 Å². The SMILES string of the molecule is COC1=CN=CC2=NC(=O)OC(=O)C12. The van der Waals surface area contributed by atoms with Crippen LogP contribution in [0.15, 0.2) is 21.9 Å². The molecule has 0 aromatic carbocycles. The number of hydrogen-bond acceptors (Lipinski definition) is 5. The highest BCUT2D eigenvalue weighted by Gasteiger charge is 2.37. The van der Waals surface area contributed by atoms with Gasteiger partial charge in [-0.2, -0.15) is 4.99 Å². The highest BCUT2D eigenvalue weighted by atomic mass is 16.6. The smallest absolute Gasteiger partial charge is 0.441 e. The molecule has 1 unspecified atom stereocenters. The Kier molecular flexibility index (Phi) is 1.88. The molecule has 0 aromatic rings. The molecule has 0 bridgehead atoms. The van der Waals surface area contributed by atoms with E-state index in [9.17, 15) is 9.59 Å². The molecule has 0 saturated heterocycles. The van der Waals surface area contributed by atoms with E-state index in [0.717, 1.165) is 0 Å². The molecule has 1 amide bonds. The van der Waals surface area contributed by atoms with Crippen molar-refractivity contribution in [2.75, 3.05) is 7.11 Å². The van der Waals surface area contributed by atoms with Gasteiger partial charge in [0.25, 0.3) is 0 Å². The lowest BCUT2D eigenvalue weighted by Crippen LogP contribution is -2.36. The summed E-state index contributed by atoms with van der Waals surface area (Å²) >= 11 is 0. The Morgan fingerprint density at radius 2 is 2.29 bits per heavy atom. The summed E-state index contributed by atoms with van der Waals surface area (Å²) in [5.74, 6) is -1.11. The molecule has 0 fully saturated rings. The van der Waals surface area contributed by atoms with Gasteiger partial charge in [-0.15, -0.1) is 0 Å². The third-order valence-electron chi connectivity index (χ3n) is 1.87. The summed E-state index contributed by atoms with van der Waals surface area (Å²) in [6.07, 6.45) is 1.82. The molecule has 0 saturated carbocycles. The minimum Gasteiger partial charge on any atom is -0.498 e. The van der Waals surface area contributed by atoms with Gasteiger partial charge in [0.2, 0.25) is 0 Å². The van der Waals surface area contributed by atoms with Crippen LogP contribution in [0.3, 0.4) is 0 Å². The van der Waals surface area contributed by atoms with E-state index in [4.69, 9.17) is 4.74 Å². The van der Waals surface area contributed by atoms with E-state index >= 15 is 0 Å². The van der Waals surface area contributed by atoms with Crippen molar-refractivity contribution in [2.24, 2.45) is 15.9 Å². The summed E-state index contributed by atoms with van der Waals surface area (Å²) in [6, 6.07) is 0. The van der Waals surface area contributed by atoms with Gasteiger partial charge in [0.1, 0.15) is 5.76 Å². The second-order valence-electron chi connectivity index (χ2n) is 2.67. The number of ether oxygens (including phenoxy) is 2. The minimum absolute atomic E-state index is 0.255. The molecule has 2 rings (SSSR count). The first-order valence-electron chi connectivity index (χ1n) is 3.84. The number of nitrogens with zero attached hydrogens (tertiary/aromatic N) is 2. The third-order valence-corrected chi connectivity index (χ3v) is 1.87. The predicted octanol–water partition coefficient (Wildman–Crippen LogP) is 0.293. The summed E-state index contributed by atoms with van der Waals surface area (Å²) in [6.45, 7) is 0. The van der Waals surface area contributed by atoms with Crippen LogP contribution in [0.2, 0.25) is 0 Å². The molecule has 0 radical (unpaired) electrons. The van der Waals surface area contributed by atoms with Gasteiger partial charge in [0, 0.05) is 0 Å². The van der Waals surface area contributed by atoms with Gasteiger partial charge in [0.15, 0.2) is 5.92 Å². The van der Waals surface area contributed by atoms with Crippen molar-refractivity contribution >= 4 is 24.0 Å². The summed E-state index contributed by atoms with van der Waals surface area (Å²) in [5, 5.41) is 0. The average Bonchev–Trinajstić information content (AvgIpc) is 2.16. The molecule has 2 aliphatic rings. The zero-order valence-electron chi connectivity index (χ0n) is 7.26. The molecule has 0 aliphatic carbocycles. The first-order valence-corrected chi connectivity index (χ1v) is 3.84. The van der Waals surface area contributed by atoms with Crippen molar-refractivity contribution in [1.82, 2.24) is 0 Å². The van der Waals surface area contributed by atoms with Gasteiger partial charge in [-0.25, -0.2) is 4.79 Å². The average molecular weight is 194 g/mol. The molecule has 0 spiro atoms. The van der Waals surface area contributed by atoms with Crippen molar-refractivity contribution < 1.29 is 19.1 Å². The van der Waals surface area contributed by atoms with Crippen molar-refractivity contribution in [1.29, 1.82) is 0 Å². The van der Waals surface area contributed by atoms with Gasteiger partial charge in [-0.1, -0.05) is 0 Å². The number of methoxy groups -OCH3 is 1. The lowest BCUT2D eigenvalue weighted by atomic mass is 9.99. The summed E-state index contributed by atoms with van der Waals surface area (Å²) < 4.78 is 9.26. The molecule has 0 N–H and O–H groups in total. The van der Waals surface area contributed by atoms with Crippen molar-refractivity contribution in [3.05, 3.63) is 12.0 Å². The van der Waals surface area contributed by atoms with Gasteiger partial charge in [0.05, 0.1) is 25.2 Å². The topological polar surface area (TPSA) is 77.3 Å². The zero-order valence-corrected chi connectivity index (χ0v) is 7.26. The molecule has 6 nitrogen and oxygen atoms in total. The number of rotatable bonds is 1. The normalized spacial score (nSPS) is 24.8. The van der Waals surface area contributed by atoms with E-state index in [2.05, 4.69) is 14.7 Å². The predicted molar refractivity (Wildman–Crippen MR) is 46.0 cm³/mol. The maximum absolute atomic E-state index is 11.3. The van der Waals surface area contributed by atoms with Crippen LogP contribution in [0.4, 0.5) is 4.79 Å². The number of carbonyl (C=O) groups is 2. The first kappa shape index (κ1) is 8.61. The second kappa shape index (κ2) is 3.06. The summed E-state index contributed by atoms with van der Waals surface area (Å²) in [5.41, 5.74) is 0.255. The number of hydrogen-bond donors (Lipinski definition) is 0. The molecule has 2 heterocycles. The Labute approximate surface area is 78.9 Å². The number of aliphatic imine (C=N–C) groups is 2. The molecule has 1 atom stereocenters. The fraction of sp³-hybridized carbons (Fsp3) is 0.250. The Hall–Kier alpha value is -1.98. The number of cyclic esters (lactones) is 2. The molecule has 72 valence electrons. The Morgan fingerprint density at radius 3 is 3.00 bits per heavy atom.